The quantitative estimate of drug-likeness (QED) is 0.0349. The number of hydrogen-bond acceptors (Lipinski definition) is 6. The van der Waals surface area contributed by atoms with Crippen molar-refractivity contribution in [2.75, 3.05) is 13.2 Å². The first kappa shape index (κ1) is 53.4. The summed E-state index contributed by atoms with van der Waals surface area (Å²) >= 11 is 0. The van der Waals surface area contributed by atoms with E-state index in [2.05, 4.69) is 41.5 Å². The molecule has 6 heteroatoms. The van der Waals surface area contributed by atoms with E-state index in [4.69, 9.17) is 14.2 Å². The van der Waals surface area contributed by atoms with Crippen LogP contribution in [0, 0.1) is 17.8 Å². The van der Waals surface area contributed by atoms with Crippen molar-refractivity contribution in [3.05, 3.63) is 0 Å². The van der Waals surface area contributed by atoms with E-state index in [1.165, 1.54) is 141 Å². The molecule has 1 unspecified atom stereocenters. The summed E-state index contributed by atoms with van der Waals surface area (Å²) in [6.45, 7) is 13.7. The lowest BCUT2D eigenvalue weighted by Crippen LogP contribution is -2.30. The van der Waals surface area contributed by atoms with E-state index < -0.39 is 6.10 Å². The van der Waals surface area contributed by atoms with Gasteiger partial charge in [-0.2, -0.15) is 0 Å². The van der Waals surface area contributed by atoms with Gasteiger partial charge in [0.2, 0.25) is 0 Å². The van der Waals surface area contributed by atoms with Crippen LogP contribution in [0.2, 0.25) is 0 Å². The highest BCUT2D eigenvalue weighted by Gasteiger charge is 2.19. The van der Waals surface area contributed by atoms with Crippen LogP contribution in [0.1, 0.15) is 260 Å². The smallest absolute Gasteiger partial charge is 0.306 e. The van der Waals surface area contributed by atoms with Gasteiger partial charge in [-0.15, -0.1) is 0 Å². The number of ether oxygens (including phenoxy) is 3. The van der Waals surface area contributed by atoms with Crippen LogP contribution in [0.25, 0.3) is 0 Å². The molecule has 0 bridgehead atoms. The summed E-state index contributed by atoms with van der Waals surface area (Å²) in [6, 6.07) is 0. The molecule has 0 aliphatic carbocycles. The number of carbonyl (C=O) groups is 3. The summed E-state index contributed by atoms with van der Waals surface area (Å²) in [4.78, 5) is 37.8. The predicted octanol–water partition coefficient (Wildman–Crippen LogP) is 15.2. The topological polar surface area (TPSA) is 78.9 Å². The van der Waals surface area contributed by atoms with Gasteiger partial charge >= 0.3 is 17.9 Å². The molecule has 0 radical (unpaired) electrons. The fourth-order valence-corrected chi connectivity index (χ4v) is 7.20. The van der Waals surface area contributed by atoms with Gasteiger partial charge in [0, 0.05) is 19.3 Å². The average Bonchev–Trinajstić information content (AvgIpc) is 3.15. The van der Waals surface area contributed by atoms with Crippen LogP contribution in [-0.2, 0) is 28.6 Å². The van der Waals surface area contributed by atoms with Crippen LogP contribution in [-0.4, -0.2) is 37.2 Å². The summed E-state index contributed by atoms with van der Waals surface area (Å²) in [6.07, 6.45) is 38.1. The summed E-state index contributed by atoms with van der Waals surface area (Å²) in [7, 11) is 0. The highest BCUT2D eigenvalue weighted by molar-refractivity contribution is 5.71. The average molecular weight is 779 g/mol. The van der Waals surface area contributed by atoms with E-state index in [0.29, 0.717) is 19.3 Å². The lowest BCUT2D eigenvalue weighted by atomic mass is 9.99. The first-order valence-electron chi connectivity index (χ1n) is 24.1. The molecule has 0 aromatic carbocycles. The highest BCUT2D eigenvalue weighted by atomic mass is 16.6. The van der Waals surface area contributed by atoms with Gasteiger partial charge in [0.15, 0.2) is 6.10 Å². The van der Waals surface area contributed by atoms with Crippen molar-refractivity contribution >= 4 is 17.9 Å². The van der Waals surface area contributed by atoms with Gasteiger partial charge in [0.05, 0.1) is 0 Å². The third-order valence-corrected chi connectivity index (χ3v) is 11.3. The number of carbonyl (C=O) groups excluding carboxylic acids is 3. The number of unbranched alkanes of at least 4 members (excludes halogenated alkanes) is 24. The molecule has 0 aliphatic heterocycles. The lowest BCUT2D eigenvalue weighted by Gasteiger charge is -2.18. The van der Waals surface area contributed by atoms with E-state index in [0.717, 1.165) is 75.5 Å². The first-order chi connectivity index (χ1) is 26.6. The minimum absolute atomic E-state index is 0.0662. The Balaban J connectivity index is 4.31. The van der Waals surface area contributed by atoms with Gasteiger partial charge in [-0.1, -0.05) is 221 Å². The maximum Gasteiger partial charge on any atom is 0.306 e. The van der Waals surface area contributed by atoms with Gasteiger partial charge in [0.1, 0.15) is 13.2 Å². The molecule has 0 fully saturated rings. The summed E-state index contributed by atoms with van der Waals surface area (Å²) < 4.78 is 16.7. The summed E-state index contributed by atoms with van der Waals surface area (Å²) in [5.74, 6) is 1.60. The molecule has 0 spiro atoms. The molecule has 0 heterocycles. The van der Waals surface area contributed by atoms with Gasteiger partial charge in [-0.3, -0.25) is 14.4 Å². The number of hydrogen-bond donors (Lipinski definition) is 0. The lowest BCUT2D eigenvalue weighted by molar-refractivity contribution is -0.167. The van der Waals surface area contributed by atoms with Crippen LogP contribution < -0.4 is 0 Å². The van der Waals surface area contributed by atoms with Crippen molar-refractivity contribution in [1.82, 2.24) is 0 Å². The fourth-order valence-electron chi connectivity index (χ4n) is 7.20. The van der Waals surface area contributed by atoms with E-state index in [-0.39, 0.29) is 31.1 Å². The Morgan fingerprint density at radius 2 is 0.636 bits per heavy atom. The van der Waals surface area contributed by atoms with E-state index in [1.54, 1.807) is 0 Å². The van der Waals surface area contributed by atoms with Crippen molar-refractivity contribution in [3.8, 4) is 0 Å². The molecule has 0 saturated heterocycles. The second kappa shape index (κ2) is 40.6. The molecule has 0 aromatic heterocycles. The Kier molecular flexibility index (Phi) is 39.4. The Morgan fingerprint density at radius 3 is 0.945 bits per heavy atom. The van der Waals surface area contributed by atoms with Crippen molar-refractivity contribution in [3.63, 3.8) is 0 Å². The normalized spacial score (nSPS) is 12.7. The standard InChI is InChI=1S/C49H94O6/c1-7-45(6)37-31-25-19-14-15-21-27-33-39-48(51)54-42-46(55-49(52)40-34-28-22-16-18-24-30-36-44(4)5)41-53-47(50)38-32-26-20-13-11-9-8-10-12-17-23-29-35-43(2)3/h43-46H,7-42H2,1-6H3/t45?,46-/m1/s1. The third kappa shape index (κ3) is 41.9. The predicted molar refractivity (Wildman–Crippen MR) is 233 cm³/mol. The number of rotatable bonds is 42. The molecule has 0 aliphatic rings. The van der Waals surface area contributed by atoms with E-state index >= 15 is 0 Å². The maximum atomic E-state index is 12.7. The Hall–Kier alpha value is -1.59. The fraction of sp³-hybridized carbons (Fsp3) is 0.939. The van der Waals surface area contributed by atoms with Gasteiger partial charge in [-0.05, 0) is 37.0 Å². The molecular formula is C49H94O6. The number of esters is 3. The minimum atomic E-state index is -0.762. The monoisotopic (exact) mass is 779 g/mol. The van der Waals surface area contributed by atoms with Gasteiger partial charge < -0.3 is 14.2 Å². The molecule has 0 aromatic rings. The van der Waals surface area contributed by atoms with Crippen molar-refractivity contribution < 1.29 is 28.6 Å². The van der Waals surface area contributed by atoms with Crippen LogP contribution in [0.5, 0.6) is 0 Å². The molecule has 0 amide bonds. The largest absolute Gasteiger partial charge is 0.462 e. The van der Waals surface area contributed by atoms with E-state index in [1.807, 2.05) is 0 Å². The summed E-state index contributed by atoms with van der Waals surface area (Å²) in [5.41, 5.74) is 0. The minimum Gasteiger partial charge on any atom is -0.462 e. The Morgan fingerprint density at radius 1 is 0.364 bits per heavy atom. The van der Waals surface area contributed by atoms with Crippen LogP contribution in [0.15, 0.2) is 0 Å². The third-order valence-electron chi connectivity index (χ3n) is 11.3. The zero-order chi connectivity index (χ0) is 40.6. The van der Waals surface area contributed by atoms with Crippen molar-refractivity contribution in [2.45, 2.75) is 266 Å². The van der Waals surface area contributed by atoms with Gasteiger partial charge in [0.25, 0.3) is 0 Å². The van der Waals surface area contributed by atoms with Crippen LogP contribution in [0.4, 0.5) is 0 Å². The molecular weight excluding hydrogens is 685 g/mol. The van der Waals surface area contributed by atoms with Crippen molar-refractivity contribution in [1.29, 1.82) is 0 Å². The zero-order valence-corrected chi connectivity index (χ0v) is 37.7. The van der Waals surface area contributed by atoms with Crippen LogP contribution >= 0.6 is 0 Å². The Labute approximate surface area is 342 Å². The SMILES string of the molecule is CCC(C)CCCCCCCCCCC(=O)OC[C@@H](COC(=O)CCCCCCCCCCCCCCC(C)C)OC(=O)CCCCCCCCCC(C)C. The Bertz CT molecular complexity index is 854. The molecule has 0 saturated carbocycles. The molecule has 2 atom stereocenters. The van der Waals surface area contributed by atoms with Crippen molar-refractivity contribution in [2.24, 2.45) is 17.8 Å². The second-order valence-electron chi connectivity index (χ2n) is 17.9. The summed E-state index contributed by atoms with van der Waals surface area (Å²) in [5, 5.41) is 0. The molecule has 55 heavy (non-hydrogen) atoms. The highest BCUT2D eigenvalue weighted by Crippen LogP contribution is 2.17. The van der Waals surface area contributed by atoms with Crippen LogP contribution in [0.3, 0.4) is 0 Å². The molecule has 0 N–H and O–H groups in total. The molecule has 6 nitrogen and oxygen atoms in total. The zero-order valence-electron chi connectivity index (χ0n) is 37.7. The van der Waals surface area contributed by atoms with E-state index in [9.17, 15) is 14.4 Å². The molecule has 326 valence electrons. The first-order valence-corrected chi connectivity index (χ1v) is 24.1. The van der Waals surface area contributed by atoms with Gasteiger partial charge in [-0.25, -0.2) is 0 Å². The molecule has 0 rings (SSSR count). The maximum absolute atomic E-state index is 12.7. The second-order valence-corrected chi connectivity index (χ2v) is 17.9.